The van der Waals surface area contributed by atoms with Gasteiger partial charge in [-0.15, -0.1) is 5.10 Å². The zero-order chi connectivity index (χ0) is 16.4. The quantitative estimate of drug-likeness (QED) is 0.798. The van der Waals surface area contributed by atoms with Gasteiger partial charge in [0.1, 0.15) is 5.82 Å². The third-order valence-electron chi connectivity index (χ3n) is 3.46. The minimum atomic E-state index is -0.399. The van der Waals surface area contributed by atoms with Crippen molar-refractivity contribution in [3.05, 3.63) is 58.9 Å². The number of carbonyl (C=O) groups is 1. The lowest BCUT2D eigenvalue weighted by atomic mass is 10.1. The van der Waals surface area contributed by atoms with Gasteiger partial charge in [-0.05, 0) is 38.0 Å². The fourth-order valence-corrected chi connectivity index (χ4v) is 2.35. The van der Waals surface area contributed by atoms with Crippen molar-refractivity contribution in [1.29, 1.82) is 0 Å². The number of aromatic nitrogens is 4. The maximum Gasteiger partial charge on any atom is 0.291 e. The minimum absolute atomic E-state index is 0.0553. The molecule has 0 aliphatic rings. The van der Waals surface area contributed by atoms with E-state index >= 15 is 0 Å². The third kappa shape index (κ3) is 3.18. The van der Waals surface area contributed by atoms with Crippen molar-refractivity contribution in [1.82, 2.24) is 24.9 Å². The molecule has 0 saturated heterocycles. The highest BCUT2D eigenvalue weighted by molar-refractivity contribution is 5.90. The van der Waals surface area contributed by atoms with Crippen molar-refractivity contribution < 1.29 is 9.18 Å². The van der Waals surface area contributed by atoms with Crippen LogP contribution in [-0.4, -0.2) is 32.0 Å². The van der Waals surface area contributed by atoms with Gasteiger partial charge in [-0.25, -0.2) is 13.9 Å². The topological polar surface area (TPSA) is 72.2 Å². The molecule has 1 N–H and O–H groups in total. The molecule has 0 aliphatic carbocycles. The molecule has 0 atom stereocenters. The van der Waals surface area contributed by atoms with E-state index in [1.54, 1.807) is 18.2 Å². The van der Waals surface area contributed by atoms with E-state index in [1.807, 2.05) is 19.9 Å². The Labute approximate surface area is 132 Å². The van der Waals surface area contributed by atoms with Crippen LogP contribution in [0.25, 0.3) is 5.78 Å². The summed E-state index contributed by atoms with van der Waals surface area (Å²) in [5.41, 5.74) is 2.23. The molecule has 7 heteroatoms. The molecule has 3 rings (SSSR count). The van der Waals surface area contributed by atoms with Crippen LogP contribution in [0.1, 0.15) is 27.6 Å². The maximum absolute atomic E-state index is 13.5. The molecule has 0 saturated carbocycles. The summed E-state index contributed by atoms with van der Waals surface area (Å²) >= 11 is 0. The largest absolute Gasteiger partial charge is 0.349 e. The van der Waals surface area contributed by atoms with Crippen LogP contribution in [0, 0.1) is 19.7 Å². The average molecular weight is 313 g/mol. The van der Waals surface area contributed by atoms with Crippen LogP contribution < -0.4 is 5.32 Å². The van der Waals surface area contributed by atoms with Crippen LogP contribution in [0.15, 0.2) is 30.3 Å². The van der Waals surface area contributed by atoms with Crippen LogP contribution in [0.4, 0.5) is 4.39 Å². The van der Waals surface area contributed by atoms with Crippen LogP contribution in [0.2, 0.25) is 0 Å². The van der Waals surface area contributed by atoms with E-state index in [2.05, 4.69) is 20.4 Å². The Morgan fingerprint density at radius 1 is 1.26 bits per heavy atom. The van der Waals surface area contributed by atoms with Gasteiger partial charge in [-0.1, -0.05) is 18.2 Å². The number of hydrogen-bond donors (Lipinski definition) is 1. The number of amides is 1. The lowest BCUT2D eigenvalue weighted by Crippen LogP contribution is -2.27. The van der Waals surface area contributed by atoms with Crippen LogP contribution in [0.3, 0.4) is 0 Å². The highest BCUT2D eigenvalue weighted by atomic mass is 19.1. The van der Waals surface area contributed by atoms with Gasteiger partial charge in [0.2, 0.25) is 5.82 Å². The Bertz CT molecular complexity index is 874. The van der Waals surface area contributed by atoms with Gasteiger partial charge >= 0.3 is 0 Å². The van der Waals surface area contributed by atoms with E-state index in [4.69, 9.17) is 0 Å². The summed E-state index contributed by atoms with van der Waals surface area (Å²) in [4.78, 5) is 20.5. The van der Waals surface area contributed by atoms with Gasteiger partial charge in [-0.2, -0.15) is 4.98 Å². The summed E-state index contributed by atoms with van der Waals surface area (Å²) in [5.74, 6) is -0.228. The summed E-state index contributed by atoms with van der Waals surface area (Å²) in [5, 5.41) is 6.85. The first-order chi connectivity index (χ1) is 11.0. The number of hydrogen-bond acceptors (Lipinski definition) is 4. The number of fused-ring (bicyclic) bond motifs is 1. The fourth-order valence-electron chi connectivity index (χ4n) is 2.35. The molecule has 2 heterocycles. The summed E-state index contributed by atoms with van der Waals surface area (Å²) in [6, 6.07) is 8.36. The van der Waals surface area contributed by atoms with E-state index in [9.17, 15) is 9.18 Å². The predicted molar refractivity (Wildman–Crippen MR) is 82.7 cm³/mol. The molecular formula is C16H16FN5O. The van der Waals surface area contributed by atoms with E-state index in [-0.39, 0.29) is 11.6 Å². The Kier molecular flexibility index (Phi) is 4.01. The molecule has 0 fully saturated rings. The van der Waals surface area contributed by atoms with Gasteiger partial charge in [-0.3, -0.25) is 4.79 Å². The number of rotatable bonds is 4. The molecule has 2 aromatic heterocycles. The molecule has 0 unspecified atom stereocenters. The lowest BCUT2D eigenvalue weighted by Gasteiger charge is -2.03. The molecule has 1 aromatic carbocycles. The second-order valence-electron chi connectivity index (χ2n) is 5.28. The summed E-state index contributed by atoms with van der Waals surface area (Å²) in [7, 11) is 0. The van der Waals surface area contributed by atoms with Crippen LogP contribution in [0.5, 0.6) is 0 Å². The first-order valence-corrected chi connectivity index (χ1v) is 7.27. The number of nitrogens with zero attached hydrogens (tertiary/aromatic N) is 4. The number of benzene rings is 1. The third-order valence-corrected chi connectivity index (χ3v) is 3.46. The second kappa shape index (κ2) is 6.12. The molecule has 0 aliphatic heterocycles. The summed E-state index contributed by atoms with van der Waals surface area (Å²) in [6.07, 6.45) is 0.405. The van der Waals surface area contributed by atoms with Crippen molar-refractivity contribution in [2.45, 2.75) is 20.3 Å². The Morgan fingerprint density at radius 2 is 2.04 bits per heavy atom. The number of nitrogens with one attached hydrogen (secondary N) is 1. The van der Waals surface area contributed by atoms with Gasteiger partial charge in [0, 0.05) is 17.9 Å². The van der Waals surface area contributed by atoms with Gasteiger partial charge < -0.3 is 5.32 Å². The van der Waals surface area contributed by atoms with Gasteiger partial charge in [0.05, 0.1) is 0 Å². The second-order valence-corrected chi connectivity index (χ2v) is 5.28. The molecule has 23 heavy (non-hydrogen) atoms. The normalized spacial score (nSPS) is 10.9. The standard InChI is InChI=1S/C16H16FN5O/c1-10-9-11(2)22-16(19-10)20-14(21-22)15(23)18-8-7-12-5-3-4-6-13(12)17/h3-6,9H,7-8H2,1-2H3,(H,18,23). The fraction of sp³-hybridized carbons (Fsp3) is 0.250. The first-order valence-electron chi connectivity index (χ1n) is 7.27. The average Bonchev–Trinajstić information content (AvgIpc) is 2.93. The highest BCUT2D eigenvalue weighted by Gasteiger charge is 2.14. The van der Waals surface area contributed by atoms with Crippen molar-refractivity contribution in [2.75, 3.05) is 6.54 Å². The number of carbonyl (C=O) groups excluding carboxylic acids is 1. The monoisotopic (exact) mass is 313 g/mol. The zero-order valence-corrected chi connectivity index (χ0v) is 12.9. The van der Waals surface area contributed by atoms with Gasteiger partial charge in [0.25, 0.3) is 11.7 Å². The molecule has 6 nitrogen and oxygen atoms in total. The predicted octanol–water partition coefficient (Wildman–Crippen LogP) is 1.85. The van der Waals surface area contributed by atoms with Gasteiger partial charge in [0.15, 0.2) is 0 Å². The van der Waals surface area contributed by atoms with E-state index in [0.717, 1.165) is 11.4 Å². The molecule has 118 valence electrons. The smallest absolute Gasteiger partial charge is 0.291 e. The highest BCUT2D eigenvalue weighted by Crippen LogP contribution is 2.07. The molecule has 0 spiro atoms. The summed E-state index contributed by atoms with van der Waals surface area (Å²) in [6.45, 7) is 4.03. The van der Waals surface area contributed by atoms with Crippen LogP contribution in [-0.2, 0) is 6.42 Å². The maximum atomic E-state index is 13.5. The summed E-state index contributed by atoms with van der Waals surface area (Å²) < 4.78 is 15.0. The molecule has 0 radical (unpaired) electrons. The lowest BCUT2D eigenvalue weighted by molar-refractivity contribution is 0.0944. The molecule has 0 bridgehead atoms. The van der Waals surface area contributed by atoms with Crippen molar-refractivity contribution in [3.63, 3.8) is 0 Å². The molecule has 3 aromatic rings. The molecular weight excluding hydrogens is 297 g/mol. The van der Waals surface area contributed by atoms with E-state index < -0.39 is 5.91 Å². The zero-order valence-electron chi connectivity index (χ0n) is 12.9. The van der Waals surface area contributed by atoms with Crippen molar-refractivity contribution in [2.24, 2.45) is 0 Å². The van der Waals surface area contributed by atoms with Crippen molar-refractivity contribution >= 4 is 11.7 Å². The van der Waals surface area contributed by atoms with Crippen molar-refractivity contribution in [3.8, 4) is 0 Å². The minimum Gasteiger partial charge on any atom is -0.349 e. The Balaban J connectivity index is 1.69. The molecule has 1 amide bonds. The number of halogens is 1. The Morgan fingerprint density at radius 3 is 2.83 bits per heavy atom. The Hall–Kier alpha value is -2.83. The van der Waals surface area contributed by atoms with Crippen LogP contribution >= 0.6 is 0 Å². The first kappa shape index (κ1) is 15.1. The SMILES string of the molecule is Cc1cc(C)n2nc(C(=O)NCCc3ccccc3F)nc2n1. The number of aryl methyl sites for hydroxylation is 2. The van der Waals surface area contributed by atoms with E-state index in [0.29, 0.717) is 24.3 Å². The van der Waals surface area contributed by atoms with E-state index in [1.165, 1.54) is 10.6 Å².